The van der Waals surface area contributed by atoms with E-state index >= 15 is 0 Å². The molecule has 0 N–H and O–H groups in total. The van der Waals surface area contributed by atoms with Crippen molar-refractivity contribution in [2.75, 3.05) is 4.90 Å². The summed E-state index contributed by atoms with van der Waals surface area (Å²) in [6.07, 6.45) is 0. The first-order chi connectivity index (χ1) is 30.7. The van der Waals surface area contributed by atoms with E-state index in [1.165, 1.54) is 60.1 Å². The van der Waals surface area contributed by atoms with Crippen LogP contribution in [-0.2, 0) is 0 Å². The summed E-state index contributed by atoms with van der Waals surface area (Å²) in [5.74, 6) is 0. The van der Waals surface area contributed by atoms with Crippen LogP contribution in [0.4, 0.5) is 17.1 Å². The summed E-state index contributed by atoms with van der Waals surface area (Å²) in [6, 6.07) is 85.6. The molecular weight excluding hydrogens is 751 g/mol. The van der Waals surface area contributed by atoms with Gasteiger partial charge in [-0.2, -0.15) is 0 Å². The summed E-state index contributed by atoms with van der Waals surface area (Å²) in [5.41, 5.74) is 14.4. The molecular formula is C60H39NO. The summed E-state index contributed by atoms with van der Waals surface area (Å²) in [6.45, 7) is 0. The Kier molecular flexibility index (Phi) is 8.53. The van der Waals surface area contributed by atoms with Crippen LogP contribution < -0.4 is 4.90 Å². The smallest absolute Gasteiger partial charge is 0.136 e. The maximum atomic E-state index is 6.32. The highest BCUT2D eigenvalue weighted by molar-refractivity contribution is 6.13. The summed E-state index contributed by atoms with van der Waals surface area (Å²) in [7, 11) is 0. The Labute approximate surface area is 360 Å². The van der Waals surface area contributed by atoms with Crippen molar-refractivity contribution in [1.82, 2.24) is 0 Å². The van der Waals surface area contributed by atoms with E-state index in [2.05, 4.69) is 229 Å². The quantitative estimate of drug-likeness (QED) is 0.150. The Balaban J connectivity index is 0.953. The molecule has 0 aliphatic heterocycles. The van der Waals surface area contributed by atoms with Gasteiger partial charge in [0.2, 0.25) is 0 Å². The maximum absolute atomic E-state index is 6.32. The molecule has 0 spiro atoms. The van der Waals surface area contributed by atoms with Crippen molar-refractivity contribution in [2.45, 2.75) is 0 Å². The number of para-hydroxylation sites is 1. The molecule has 0 saturated heterocycles. The van der Waals surface area contributed by atoms with Gasteiger partial charge in [0.1, 0.15) is 11.2 Å². The highest BCUT2D eigenvalue weighted by atomic mass is 16.3. The number of nitrogens with zero attached hydrogens (tertiary/aromatic N) is 1. The van der Waals surface area contributed by atoms with Crippen LogP contribution in [0.25, 0.3) is 98.8 Å². The molecule has 0 bridgehead atoms. The second kappa shape index (κ2) is 14.8. The van der Waals surface area contributed by atoms with Crippen LogP contribution in [0.1, 0.15) is 0 Å². The van der Waals surface area contributed by atoms with Gasteiger partial charge in [-0.15, -0.1) is 0 Å². The van der Waals surface area contributed by atoms with E-state index in [1.54, 1.807) is 0 Å². The highest BCUT2D eigenvalue weighted by Crippen LogP contribution is 2.42. The number of fused-ring (bicyclic) bond motifs is 7. The summed E-state index contributed by atoms with van der Waals surface area (Å²) in [4.78, 5) is 2.38. The number of anilines is 3. The minimum Gasteiger partial charge on any atom is -0.456 e. The molecule has 0 saturated carbocycles. The third kappa shape index (κ3) is 6.29. The second-order valence-electron chi connectivity index (χ2n) is 16.1. The monoisotopic (exact) mass is 789 g/mol. The van der Waals surface area contributed by atoms with Crippen LogP contribution in [0.3, 0.4) is 0 Å². The fourth-order valence-corrected chi connectivity index (χ4v) is 9.31. The third-order valence-electron chi connectivity index (χ3n) is 12.4. The molecule has 0 radical (unpaired) electrons. The lowest BCUT2D eigenvalue weighted by molar-refractivity contribution is 0.669. The van der Waals surface area contributed by atoms with Gasteiger partial charge in [0, 0.05) is 27.8 Å². The van der Waals surface area contributed by atoms with E-state index < -0.39 is 0 Å². The van der Waals surface area contributed by atoms with Crippen LogP contribution in [0.2, 0.25) is 0 Å². The number of rotatable bonds is 7. The number of furan rings is 1. The molecule has 62 heavy (non-hydrogen) atoms. The first-order valence-corrected chi connectivity index (χ1v) is 21.2. The number of benzene rings is 11. The Bertz CT molecular complexity index is 3630. The lowest BCUT2D eigenvalue weighted by atomic mass is 9.96. The number of hydrogen-bond acceptors (Lipinski definition) is 2. The maximum Gasteiger partial charge on any atom is 0.136 e. The van der Waals surface area contributed by atoms with Gasteiger partial charge in [0.25, 0.3) is 0 Å². The van der Waals surface area contributed by atoms with Gasteiger partial charge in [-0.3, -0.25) is 0 Å². The molecule has 1 aromatic heterocycles. The van der Waals surface area contributed by atoms with E-state index in [-0.39, 0.29) is 0 Å². The molecule has 1 heterocycles. The zero-order chi connectivity index (χ0) is 41.0. The molecule has 11 aromatic carbocycles. The van der Waals surface area contributed by atoms with Crippen molar-refractivity contribution in [3.8, 4) is 44.5 Å². The Morgan fingerprint density at radius 3 is 1.53 bits per heavy atom. The van der Waals surface area contributed by atoms with Crippen LogP contribution in [-0.4, -0.2) is 0 Å². The van der Waals surface area contributed by atoms with Gasteiger partial charge < -0.3 is 9.32 Å². The molecule has 12 aromatic rings. The van der Waals surface area contributed by atoms with E-state index in [4.69, 9.17) is 4.42 Å². The molecule has 0 amide bonds. The Morgan fingerprint density at radius 2 is 0.758 bits per heavy atom. The molecule has 0 unspecified atom stereocenters. The first kappa shape index (κ1) is 35.7. The van der Waals surface area contributed by atoms with E-state index in [1.807, 2.05) is 12.1 Å². The van der Waals surface area contributed by atoms with Crippen molar-refractivity contribution in [2.24, 2.45) is 0 Å². The first-order valence-electron chi connectivity index (χ1n) is 21.2. The van der Waals surface area contributed by atoms with Gasteiger partial charge in [-0.25, -0.2) is 0 Å². The zero-order valence-corrected chi connectivity index (χ0v) is 33.9. The van der Waals surface area contributed by atoms with Crippen LogP contribution in [0.15, 0.2) is 241 Å². The van der Waals surface area contributed by atoms with E-state index in [9.17, 15) is 0 Å². The molecule has 0 aliphatic carbocycles. The lowest BCUT2D eigenvalue weighted by Gasteiger charge is -2.27. The third-order valence-corrected chi connectivity index (χ3v) is 12.4. The average molecular weight is 790 g/mol. The van der Waals surface area contributed by atoms with Crippen molar-refractivity contribution in [3.63, 3.8) is 0 Å². The highest BCUT2D eigenvalue weighted by Gasteiger charge is 2.18. The van der Waals surface area contributed by atoms with E-state index in [0.717, 1.165) is 55.7 Å². The molecule has 2 nitrogen and oxygen atoms in total. The topological polar surface area (TPSA) is 16.4 Å². The number of hydrogen-bond donors (Lipinski definition) is 0. The van der Waals surface area contributed by atoms with Crippen LogP contribution in [0, 0.1) is 0 Å². The molecule has 290 valence electrons. The van der Waals surface area contributed by atoms with Crippen molar-refractivity contribution in [1.29, 1.82) is 0 Å². The van der Waals surface area contributed by atoms with Crippen molar-refractivity contribution >= 4 is 71.3 Å². The SMILES string of the molecule is c1cc(-c2ccc3ccc4ccccc4c3c2)cc(N(c2ccc(-c3ccc(-c4ccc5ccccc5c4)cc3)cc2)c2cccc(-c3cccc4oc5ccccc5c34)c2)c1. The summed E-state index contributed by atoms with van der Waals surface area (Å²) in [5, 5.41) is 9.79. The summed E-state index contributed by atoms with van der Waals surface area (Å²) < 4.78 is 6.32. The predicted molar refractivity (Wildman–Crippen MR) is 263 cm³/mol. The molecule has 0 fully saturated rings. The normalized spacial score (nSPS) is 11.5. The predicted octanol–water partition coefficient (Wildman–Crippen LogP) is 17.2. The van der Waals surface area contributed by atoms with Gasteiger partial charge >= 0.3 is 0 Å². The molecule has 0 atom stereocenters. The largest absolute Gasteiger partial charge is 0.456 e. The zero-order valence-electron chi connectivity index (χ0n) is 33.9. The Hall–Kier alpha value is -8.20. The van der Waals surface area contributed by atoms with Crippen molar-refractivity contribution in [3.05, 3.63) is 237 Å². The van der Waals surface area contributed by atoms with Gasteiger partial charge in [0.15, 0.2) is 0 Å². The minimum atomic E-state index is 0.891. The summed E-state index contributed by atoms with van der Waals surface area (Å²) >= 11 is 0. The van der Waals surface area contributed by atoms with Gasteiger partial charge in [-0.05, 0) is 137 Å². The van der Waals surface area contributed by atoms with Gasteiger partial charge in [0.05, 0.1) is 0 Å². The minimum absolute atomic E-state index is 0.891. The second-order valence-corrected chi connectivity index (χ2v) is 16.1. The van der Waals surface area contributed by atoms with Gasteiger partial charge in [-0.1, -0.05) is 176 Å². The van der Waals surface area contributed by atoms with Crippen LogP contribution in [0.5, 0.6) is 0 Å². The molecule has 2 heteroatoms. The standard InChI is InChI=1S/C60H39NO/c1-2-12-46-36-48(30-26-40(46)10-1)43-24-22-41(23-25-43)42-32-34-51(35-33-42)61(53-16-8-14-50(38-53)55-19-9-21-59-60(55)56-18-5-6-20-58(56)62-59)52-15-7-13-47(37-52)49-31-29-45-28-27-44-11-3-4-17-54(44)57(45)39-49/h1-39H. The average Bonchev–Trinajstić information content (AvgIpc) is 3.73. The Morgan fingerprint density at radius 1 is 0.258 bits per heavy atom. The lowest BCUT2D eigenvalue weighted by Crippen LogP contribution is -2.10. The van der Waals surface area contributed by atoms with E-state index in [0.29, 0.717) is 0 Å². The molecule has 0 aliphatic rings. The fraction of sp³-hybridized carbons (Fsp3) is 0. The van der Waals surface area contributed by atoms with Crippen LogP contribution >= 0.6 is 0 Å². The molecule has 12 rings (SSSR count). The fourth-order valence-electron chi connectivity index (χ4n) is 9.31. The van der Waals surface area contributed by atoms with Crippen molar-refractivity contribution < 1.29 is 4.42 Å².